The lowest BCUT2D eigenvalue weighted by Gasteiger charge is -2.23. The summed E-state index contributed by atoms with van der Waals surface area (Å²) in [7, 11) is 0. The molecule has 5 nitrogen and oxygen atoms in total. The van der Waals surface area contributed by atoms with Crippen LogP contribution in [0.1, 0.15) is 63.8 Å². The molecule has 0 saturated heterocycles. The van der Waals surface area contributed by atoms with Crippen molar-refractivity contribution in [1.82, 2.24) is 4.57 Å². The molecule has 0 spiro atoms. The molecule has 1 aromatic heterocycles. The molecule has 3 aromatic rings. The number of hydrogen-bond acceptors (Lipinski definition) is 4. The van der Waals surface area contributed by atoms with Crippen molar-refractivity contribution < 1.29 is 28.2 Å². The number of ether oxygens (including phenoxy) is 2. The van der Waals surface area contributed by atoms with Crippen molar-refractivity contribution >= 4 is 16.7 Å². The summed E-state index contributed by atoms with van der Waals surface area (Å²) in [5.74, 6) is 0.0254. The molecule has 0 bridgehead atoms. The first-order valence-electron chi connectivity index (χ1n) is 12.2. The minimum atomic E-state index is -3.67. The van der Waals surface area contributed by atoms with Crippen LogP contribution >= 0.6 is 0 Å². The van der Waals surface area contributed by atoms with Gasteiger partial charge in [-0.2, -0.15) is 0 Å². The van der Waals surface area contributed by atoms with Crippen LogP contribution in [-0.2, 0) is 28.6 Å². The molecule has 1 N–H and O–H groups in total. The number of Topliss-reactive ketones (excluding diaryl/α,β-unsaturated/α-hetero) is 1. The van der Waals surface area contributed by atoms with Crippen LogP contribution in [0.2, 0.25) is 0 Å². The zero-order chi connectivity index (χ0) is 25.2. The second-order valence-electron chi connectivity index (χ2n) is 10.9. The van der Waals surface area contributed by atoms with E-state index in [4.69, 9.17) is 0 Å². The molecule has 1 unspecified atom stereocenters. The molecule has 1 aliphatic heterocycles. The maximum atomic E-state index is 13.4. The van der Waals surface area contributed by atoms with Crippen molar-refractivity contribution in [2.75, 3.05) is 0 Å². The average Bonchev–Trinajstić information content (AvgIpc) is 3.42. The van der Waals surface area contributed by atoms with Gasteiger partial charge in [-0.3, -0.25) is 4.79 Å². The maximum Gasteiger partial charge on any atom is 0.586 e. The third-order valence-corrected chi connectivity index (χ3v) is 7.20. The topological polar surface area (TPSA) is 60.7 Å². The number of aromatic nitrogens is 1. The van der Waals surface area contributed by atoms with Crippen molar-refractivity contribution in [2.45, 2.75) is 83.2 Å². The van der Waals surface area contributed by atoms with Crippen molar-refractivity contribution in [3.05, 3.63) is 59.3 Å². The van der Waals surface area contributed by atoms with Gasteiger partial charge in [0, 0.05) is 35.0 Å². The summed E-state index contributed by atoms with van der Waals surface area (Å²) in [6.07, 6.45) is -1.80. The first-order chi connectivity index (χ1) is 16.4. The smallest absolute Gasteiger partial charge is 0.395 e. The van der Waals surface area contributed by atoms with Gasteiger partial charge in [0.15, 0.2) is 11.5 Å². The van der Waals surface area contributed by atoms with Gasteiger partial charge in [-0.15, -0.1) is 8.78 Å². The molecule has 2 aromatic carbocycles. The van der Waals surface area contributed by atoms with Gasteiger partial charge in [0.1, 0.15) is 5.78 Å². The Hall–Kier alpha value is -2.93. The Labute approximate surface area is 203 Å². The number of carbonyl (C=O) groups excluding carboxylic acids is 1. The van der Waals surface area contributed by atoms with Crippen molar-refractivity contribution in [3.8, 4) is 11.5 Å². The third kappa shape index (κ3) is 4.31. The summed E-state index contributed by atoms with van der Waals surface area (Å²) in [6.45, 7) is 8.95. The summed E-state index contributed by atoms with van der Waals surface area (Å²) in [6, 6.07) is 12.8. The van der Waals surface area contributed by atoms with E-state index in [0.29, 0.717) is 31.4 Å². The molecule has 5 rings (SSSR count). The quantitative estimate of drug-likeness (QED) is 0.456. The number of fused-ring (bicyclic) bond motifs is 2. The summed E-state index contributed by atoms with van der Waals surface area (Å²) in [5, 5.41) is 11.4. The molecule has 1 aliphatic carbocycles. The first kappa shape index (κ1) is 23.8. The van der Waals surface area contributed by atoms with Gasteiger partial charge in [0.05, 0.1) is 11.5 Å². The van der Waals surface area contributed by atoms with Crippen LogP contribution in [0, 0.1) is 0 Å². The third-order valence-electron chi connectivity index (χ3n) is 7.20. The molecule has 1 fully saturated rings. The summed E-state index contributed by atoms with van der Waals surface area (Å²) in [4.78, 5) is 13.4. The van der Waals surface area contributed by atoms with Crippen LogP contribution in [0.25, 0.3) is 10.9 Å². The standard InChI is InChI=1S/C28H31F2NO4/c1-5-20(32)16-31-21-8-6-17(12-18(21)14-24(31)26(2,3)4)13-25(33)27(10-11-27)19-7-9-22-23(15-19)35-28(29,30)34-22/h6-9,12,14-15,20,32H,5,10-11,13,16H2,1-4H3. The Morgan fingerprint density at radius 1 is 1.09 bits per heavy atom. The lowest BCUT2D eigenvalue weighted by molar-refractivity contribution is -0.286. The molecule has 35 heavy (non-hydrogen) atoms. The van der Waals surface area contributed by atoms with E-state index < -0.39 is 17.8 Å². The fourth-order valence-corrected chi connectivity index (χ4v) is 5.04. The highest BCUT2D eigenvalue weighted by atomic mass is 19.3. The van der Waals surface area contributed by atoms with E-state index in [0.717, 1.165) is 22.2 Å². The Morgan fingerprint density at radius 2 is 1.80 bits per heavy atom. The predicted molar refractivity (Wildman–Crippen MR) is 129 cm³/mol. The fourth-order valence-electron chi connectivity index (χ4n) is 5.04. The molecular formula is C28H31F2NO4. The molecule has 2 heterocycles. The molecule has 2 aliphatic rings. The number of aliphatic hydroxyl groups is 1. The number of hydrogen-bond donors (Lipinski definition) is 1. The number of alkyl halides is 2. The average molecular weight is 484 g/mol. The number of halogens is 2. The highest BCUT2D eigenvalue weighted by Crippen LogP contribution is 2.52. The second kappa shape index (κ2) is 8.05. The predicted octanol–water partition coefficient (Wildman–Crippen LogP) is 5.87. The Kier molecular flexibility index (Phi) is 5.47. The normalized spacial score (nSPS) is 18.6. The van der Waals surface area contributed by atoms with E-state index >= 15 is 0 Å². The van der Waals surface area contributed by atoms with Crippen LogP contribution < -0.4 is 9.47 Å². The van der Waals surface area contributed by atoms with Crippen LogP contribution in [-0.4, -0.2) is 27.9 Å². The van der Waals surface area contributed by atoms with E-state index in [2.05, 4.69) is 40.9 Å². The SMILES string of the molecule is CCC(O)Cn1c(C(C)(C)C)cc2cc(CC(=O)C3(c4ccc5c(c4)OC(F)(F)O5)CC3)ccc21. The molecule has 7 heteroatoms. The first-order valence-corrected chi connectivity index (χ1v) is 12.2. The Balaban J connectivity index is 1.42. The maximum absolute atomic E-state index is 13.4. The number of aliphatic hydroxyl groups excluding tert-OH is 1. The summed E-state index contributed by atoms with van der Waals surface area (Å²) >= 11 is 0. The minimum absolute atomic E-state index is 0.0141. The van der Waals surface area contributed by atoms with Crippen LogP contribution in [0.4, 0.5) is 8.78 Å². The molecule has 1 saturated carbocycles. The summed E-state index contributed by atoms with van der Waals surface area (Å²) < 4.78 is 38.1. The molecule has 0 radical (unpaired) electrons. The van der Waals surface area contributed by atoms with Crippen molar-refractivity contribution in [1.29, 1.82) is 0 Å². The van der Waals surface area contributed by atoms with Gasteiger partial charge in [-0.1, -0.05) is 39.8 Å². The van der Waals surface area contributed by atoms with Crippen LogP contribution in [0.5, 0.6) is 11.5 Å². The fraction of sp³-hybridized carbons (Fsp3) is 0.464. The minimum Gasteiger partial charge on any atom is -0.395 e. The van der Waals surface area contributed by atoms with E-state index in [9.17, 15) is 18.7 Å². The molecule has 1 atom stereocenters. The van der Waals surface area contributed by atoms with E-state index in [-0.39, 0.29) is 29.1 Å². The number of rotatable bonds is 7. The van der Waals surface area contributed by atoms with Gasteiger partial charge in [-0.05, 0) is 60.7 Å². The van der Waals surface area contributed by atoms with Crippen LogP contribution in [0.15, 0.2) is 42.5 Å². The molecule has 186 valence electrons. The van der Waals surface area contributed by atoms with Gasteiger partial charge in [0.2, 0.25) is 0 Å². The number of benzene rings is 2. The van der Waals surface area contributed by atoms with Gasteiger partial charge in [0.25, 0.3) is 0 Å². The van der Waals surface area contributed by atoms with Crippen molar-refractivity contribution in [2.24, 2.45) is 0 Å². The number of ketones is 1. The molecule has 0 amide bonds. The van der Waals surface area contributed by atoms with E-state index in [1.165, 1.54) is 12.1 Å². The highest BCUT2D eigenvalue weighted by Gasteiger charge is 2.52. The van der Waals surface area contributed by atoms with E-state index in [1.54, 1.807) is 6.07 Å². The lowest BCUT2D eigenvalue weighted by atomic mass is 9.87. The zero-order valence-electron chi connectivity index (χ0n) is 20.5. The van der Waals surface area contributed by atoms with Crippen molar-refractivity contribution in [3.63, 3.8) is 0 Å². The van der Waals surface area contributed by atoms with Gasteiger partial charge >= 0.3 is 6.29 Å². The number of carbonyl (C=O) groups is 1. The Morgan fingerprint density at radius 3 is 2.46 bits per heavy atom. The van der Waals surface area contributed by atoms with Gasteiger partial charge < -0.3 is 19.1 Å². The van der Waals surface area contributed by atoms with Crippen LogP contribution in [0.3, 0.4) is 0 Å². The summed E-state index contributed by atoms with van der Waals surface area (Å²) in [5.41, 5.74) is 3.01. The lowest BCUT2D eigenvalue weighted by Crippen LogP contribution is -2.26. The Bertz CT molecular complexity index is 1300. The second-order valence-corrected chi connectivity index (χ2v) is 10.9. The molecular weight excluding hydrogens is 452 g/mol. The van der Waals surface area contributed by atoms with E-state index in [1.807, 2.05) is 25.1 Å². The van der Waals surface area contributed by atoms with Gasteiger partial charge in [-0.25, -0.2) is 0 Å². The largest absolute Gasteiger partial charge is 0.586 e. The zero-order valence-corrected chi connectivity index (χ0v) is 20.5. The monoisotopic (exact) mass is 483 g/mol. The number of nitrogens with zero attached hydrogens (tertiary/aromatic N) is 1. The highest BCUT2D eigenvalue weighted by molar-refractivity contribution is 5.95.